The van der Waals surface area contributed by atoms with Gasteiger partial charge in [0.1, 0.15) is 0 Å². The molecule has 2 rings (SSSR count). The molecule has 0 aromatic rings. The molecule has 126 valence electrons. The van der Waals surface area contributed by atoms with Crippen molar-refractivity contribution in [3.63, 3.8) is 0 Å². The summed E-state index contributed by atoms with van der Waals surface area (Å²) in [4.78, 5) is 25.6. The van der Waals surface area contributed by atoms with Crippen LogP contribution in [-0.4, -0.2) is 54.2 Å². The largest absolute Gasteiger partial charge is 0.395 e. The number of urea groups is 1. The average molecular weight is 311 g/mol. The third-order valence-corrected chi connectivity index (χ3v) is 5.28. The number of amides is 3. The summed E-state index contributed by atoms with van der Waals surface area (Å²) in [5.41, 5.74) is 0. The molecule has 3 N–H and O–H groups in total. The highest BCUT2D eigenvalue weighted by Crippen LogP contribution is 2.49. The van der Waals surface area contributed by atoms with Gasteiger partial charge in [-0.05, 0) is 50.5 Å². The van der Waals surface area contributed by atoms with Crippen LogP contribution in [0.2, 0.25) is 0 Å². The normalized spacial score (nSPS) is 27.9. The Labute approximate surface area is 132 Å². The molecule has 0 radical (unpaired) electrons. The molecule has 0 saturated heterocycles. The van der Waals surface area contributed by atoms with Gasteiger partial charge in [-0.15, -0.1) is 0 Å². The summed E-state index contributed by atoms with van der Waals surface area (Å²) in [5.74, 6) is 1.82. The minimum atomic E-state index is -0.402. The summed E-state index contributed by atoms with van der Waals surface area (Å²) in [7, 11) is 0. The van der Waals surface area contributed by atoms with Crippen LogP contribution in [0.3, 0.4) is 0 Å². The molecule has 0 aliphatic heterocycles. The van der Waals surface area contributed by atoms with Crippen molar-refractivity contribution < 1.29 is 14.7 Å². The van der Waals surface area contributed by atoms with Gasteiger partial charge in [-0.3, -0.25) is 15.0 Å². The van der Waals surface area contributed by atoms with Gasteiger partial charge in [-0.1, -0.05) is 13.3 Å². The standard InChI is InChI=1S/C16H29N3O3/c1-3-19(6-7-20)10-15(21)18-16(22)17-11(2)14-9-12-4-5-13(14)8-12/h11-14,20H,3-10H2,1-2H3,(H2,17,18,21,22). The molecule has 0 spiro atoms. The Bertz CT molecular complexity index is 402. The quantitative estimate of drug-likeness (QED) is 0.654. The van der Waals surface area contributed by atoms with Gasteiger partial charge in [0.25, 0.3) is 0 Å². The number of rotatable bonds is 7. The van der Waals surface area contributed by atoms with Gasteiger partial charge in [-0.25, -0.2) is 4.79 Å². The third kappa shape index (κ3) is 4.43. The number of aliphatic hydroxyl groups is 1. The molecule has 4 unspecified atom stereocenters. The Balaban J connectivity index is 1.71. The first-order chi connectivity index (χ1) is 10.5. The van der Waals surface area contributed by atoms with E-state index in [0.717, 1.165) is 11.8 Å². The lowest BCUT2D eigenvalue weighted by molar-refractivity contribution is -0.121. The van der Waals surface area contributed by atoms with E-state index >= 15 is 0 Å². The summed E-state index contributed by atoms with van der Waals surface area (Å²) in [5, 5.41) is 14.2. The minimum Gasteiger partial charge on any atom is -0.395 e. The highest BCUT2D eigenvalue weighted by atomic mass is 16.3. The van der Waals surface area contributed by atoms with Crippen molar-refractivity contribution in [2.75, 3.05) is 26.2 Å². The molecule has 2 fully saturated rings. The highest BCUT2D eigenvalue weighted by Gasteiger charge is 2.42. The molecule has 0 aromatic heterocycles. The molecule has 3 amide bonds. The second kappa shape index (κ2) is 7.92. The highest BCUT2D eigenvalue weighted by molar-refractivity contribution is 5.95. The number of aliphatic hydroxyl groups excluding tert-OH is 1. The van der Waals surface area contributed by atoms with Crippen LogP contribution in [0.1, 0.15) is 39.5 Å². The zero-order valence-corrected chi connectivity index (χ0v) is 13.7. The summed E-state index contributed by atoms with van der Waals surface area (Å²) < 4.78 is 0. The Kier molecular flexibility index (Phi) is 6.20. The number of carbonyl (C=O) groups excluding carboxylic acids is 2. The summed E-state index contributed by atoms with van der Waals surface area (Å²) in [6.07, 6.45) is 5.15. The number of carbonyl (C=O) groups is 2. The zero-order chi connectivity index (χ0) is 16.1. The maximum Gasteiger partial charge on any atom is 0.321 e. The lowest BCUT2D eigenvalue weighted by Crippen LogP contribution is -2.49. The number of hydrogen-bond donors (Lipinski definition) is 3. The Hall–Kier alpha value is -1.14. The predicted octanol–water partition coefficient (Wildman–Crippen LogP) is 0.951. The summed E-state index contributed by atoms with van der Waals surface area (Å²) in [6, 6.07) is -0.289. The molecule has 2 aliphatic rings. The fourth-order valence-corrected chi connectivity index (χ4v) is 4.12. The van der Waals surface area contributed by atoms with E-state index in [-0.39, 0.29) is 25.1 Å². The van der Waals surface area contributed by atoms with Crippen molar-refractivity contribution in [3.8, 4) is 0 Å². The first-order valence-electron chi connectivity index (χ1n) is 8.47. The van der Waals surface area contributed by atoms with Gasteiger partial charge in [0, 0.05) is 12.6 Å². The van der Waals surface area contributed by atoms with E-state index in [1.807, 2.05) is 13.8 Å². The van der Waals surface area contributed by atoms with Crippen molar-refractivity contribution >= 4 is 11.9 Å². The van der Waals surface area contributed by atoms with E-state index in [4.69, 9.17) is 5.11 Å². The van der Waals surface area contributed by atoms with Crippen LogP contribution in [0.5, 0.6) is 0 Å². The van der Waals surface area contributed by atoms with Gasteiger partial charge in [0.2, 0.25) is 5.91 Å². The van der Waals surface area contributed by atoms with Crippen molar-refractivity contribution in [1.29, 1.82) is 0 Å². The number of nitrogens with one attached hydrogen (secondary N) is 2. The topological polar surface area (TPSA) is 81.7 Å². The molecule has 2 aliphatic carbocycles. The Morgan fingerprint density at radius 2 is 2.09 bits per heavy atom. The smallest absolute Gasteiger partial charge is 0.321 e. The van der Waals surface area contributed by atoms with Crippen LogP contribution in [0, 0.1) is 17.8 Å². The molecule has 22 heavy (non-hydrogen) atoms. The molecule has 2 saturated carbocycles. The summed E-state index contributed by atoms with van der Waals surface area (Å²) >= 11 is 0. The lowest BCUT2D eigenvalue weighted by Gasteiger charge is -2.28. The van der Waals surface area contributed by atoms with Gasteiger partial charge in [0.15, 0.2) is 0 Å². The molecular weight excluding hydrogens is 282 g/mol. The lowest BCUT2D eigenvalue weighted by atomic mass is 9.84. The van der Waals surface area contributed by atoms with Crippen LogP contribution >= 0.6 is 0 Å². The first-order valence-corrected chi connectivity index (χ1v) is 8.47. The molecular formula is C16H29N3O3. The number of hydrogen-bond acceptors (Lipinski definition) is 4. The molecule has 6 nitrogen and oxygen atoms in total. The Morgan fingerprint density at radius 3 is 2.64 bits per heavy atom. The van der Waals surface area contributed by atoms with E-state index in [9.17, 15) is 9.59 Å². The number of fused-ring (bicyclic) bond motifs is 2. The third-order valence-electron chi connectivity index (χ3n) is 5.28. The Morgan fingerprint density at radius 1 is 1.32 bits per heavy atom. The van der Waals surface area contributed by atoms with Gasteiger partial charge in [0.05, 0.1) is 13.2 Å². The monoisotopic (exact) mass is 311 g/mol. The van der Waals surface area contributed by atoms with Gasteiger partial charge in [-0.2, -0.15) is 0 Å². The van der Waals surface area contributed by atoms with Crippen LogP contribution in [0.25, 0.3) is 0 Å². The van der Waals surface area contributed by atoms with E-state index in [2.05, 4.69) is 10.6 Å². The van der Waals surface area contributed by atoms with Crippen molar-refractivity contribution in [1.82, 2.24) is 15.5 Å². The van der Waals surface area contributed by atoms with Crippen molar-refractivity contribution in [2.45, 2.75) is 45.6 Å². The minimum absolute atomic E-state index is 0.00852. The zero-order valence-electron chi connectivity index (χ0n) is 13.7. The molecule has 4 atom stereocenters. The van der Waals surface area contributed by atoms with E-state index in [0.29, 0.717) is 19.0 Å². The van der Waals surface area contributed by atoms with Crippen molar-refractivity contribution in [3.05, 3.63) is 0 Å². The fraction of sp³-hybridized carbons (Fsp3) is 0.875. The van der Waals surface area contributed by atoms with Gasteiger partial charge >= 0.3 is 6.03 Å². The van der Waals surface area contributed by atoms with Crippen LogP contribution in [0.15, 0.2) is 0 Å². The second-order valence-corrected chi connectivity index (χ2v) is 6.74. The molecule has 0 aromatic carbocycles. The van der Waals surface area contributed by atoms with Crippen molar-refractivity contribution in [2.24, 2.45) is 17.8 Å². The van der Waals surface area contributed by atoms with Crippen LogP contribution < -0.4 is 10.6 Å². The number of likely N-dealkylation sites (N-methyl/N-ethyl adjacent to an activating group) is 1. The maximum atomic E-state index is 11.9. The first kappa shape index (κ1) is 17.2. The van der Waals surface area contributed by atoms with Gasteiger partial charge < -0.3 is 10.4 Å². The molecule has 0 heterocycles. The molecule has 6 heteroatoms. The van der Waals surface area contributed by atoms with E-state index in [1.165, 1.54) is 25.7 Å². The average Bonchev–Trinajstić information content (AvgIpc) is 3.09. The predicted molar refractivity (Wildman–Crippen MR) is 84.3 cm³/mol. The van der Waals surface area contributed by atoms with Crippen LogP contribution in [0.4, 0.5) is 4.79 Å². The van der Waals surface area contributed by atoms with E-state index < -0.39 is 6.03 Å². The SMILES string of the molecule is CCN(CCO)CC(=O)NC(=O)NC(C)C1CC2CCC1C2. The summed E-state index contributed by atoms with van der Waals surface area (Å²) in [6.45, 7) is 5.20. The number of imide groups is 1. The second-order valence-electron chi connectivity index (χ2n) is 6.74. The fourth-order valence-electron chi connectivity index (χ4n) is 4.12. The molecule has 2 bridgehead atoms. The van der Waals surface area contributed by atoms with Crippen LogP contribution in [-0.2, 0) is 4.79 Å². The maximum absolute atomic E-state index is 11.9. The van der Waals surface area contributed by atoms with E-state index in [1.54, 1.807) is 4.90 Å². The number of nitrogens with zero attached hydrogens (tertiary/aromatic N) is 1.